The van der Waals surface area contributed by atoms with Crippen molar-refractivity contribution in [2.24, 2.45) is 0 Å². The Morgan fingerprint density at radius 1 is 1.29 bits per heavy atom. The van der Waals surface area contributed by atoms with E-state index in [1.54, 1.807) is 26.0 Å². The van der Waals surface area contributed by atoms with Crippen LogP contribution in [0.15, 0.2) is 39.6 Å². The van der Waals surface area contributed by atoms with Gasteiger partial charge in [0.1, 0.15) is 16.7 Å². The molecular formula is C17H16BrN3O2S. The van der Waals surface area contributed by atoms with Crippen LogP contribution in [-0.2, 0) is 4.79 Å². The second kappa shape index (κ2) is 6.49. The normalized spacial score (nSPS) is 12.3. The van der Waals surface area contributed by atoms with Crippen LogP contribution in [0.5, 0.6) is 0 Å². The van der Waals surface area contributed by atoms with Crippen molar-refractivity contribution < 1.29 is 4.79 Å². The van der Waals surface area contributed by atoms with Crippen molar-refractivity contribution in [1.29, 1.82) is 0 Å². The summed E-state index contributed by atoms with van der Waals surface area (Å²) in [6.45, 7) is 5.39. The Kier molecular flexibility index (Phi) is 4.56. The van der Waals surface area contributed by atoms with Gasteiger partial charge in [0.2, 0.25) is 5.91 Å². The number of thiophene rings is 1. The fraction of sp³-hybridized carbons (Fsp3) is 0.235. The molecule has 1 atom stereocenters. The largest absolute Gasteiger partial charge is 0.324 e. The molecule has 124 valence electrons. The number of rotatable bonds is 3. The molecule has 0 aliphatic carbocycles. The van der Waals surface area contributed by atoms with Crippen LogP contribution in [0.25, 0.3) is 10.2 Å². The van der Waals surface area contributed by atoms with Gasteiger partial charge in [-0.05, 0) is 51.1 Å². The van der Waals surface area contributed by atoms with E-state index in [9.17, 15) is 9.59 Å². The number of nitrogens with zero attached hydrogens (tertiary/aromatic N) is 2. The first-order valence-electron chi connectivity index (χ1n) is 7.42. The SMILES string of the molecule is Cc1cc2c(=O)n(C(C)C(=O)Nc3ccc(Br)cc3)c(C)nc2s1. The third kappa shape index (κ3) is 3.14. The second-order valence-electron chi connectivity index (χ2n) is 5.58. The van der Waals surface area contributed by atoms with Gasteiger partial charge in [-0.1, -0.05) is 15.9 Å². The molecule has 7 heteroatoms. The van der Waals surface area contributed by atoms with Crippen molar-refractivity contribution in [2.75, 3.05) is 5.32 Å². The molecule has 1 unspecified atom stereocenters. The maximum Gasteiger partial charge on any atom is 0.263 e. The lowest BCUT2D eigenvalue weighted by atomic mass is 10.2. The van der Waals surface area contributed by atoms with Crippen LogP contribution in [0.1, 0.15) is 23.7 Å². The molecule has 2 heterocycles. The molecule has 0 radical (unpaired) electrons. The van der Waals surface area contributed by atoms with Gasteiger partial charge in [-0.2, -0.15) is 0 Å². The van der Waals surface area contributed by atoms with Crippen molar-refractivity contribution in [3.63, 3.8) is 0 Å². The van der Waals surface area contributed by atoms with E-state index in [2.05, 4.69) is 26.2 Å². The predicted octanol–water partition coefficient (Wildman–Crippen LogP) is 4.04. The van der Waals surface area contributed by atoms with E-state index >= 15 is 0 Å². The molecule has 0 aliphatic rings. The van der Waals surface area contributed by atoms with Crippen molar-refractivity contribution in [2.45, 2.75) is 26.8 Å². The van der Waals surface area contributed by atoms with Gasteiger partial charge < -0.3 is 5.32 Å². The number of amides is 1. The van der Waals surface area contributed by atoms with Crippen LogP contribution >= 0.6 is 27.3 Å². The molecule has 0 saturated heterocycles. The Hall–Kier alpha value is -1.99. The number of carbonyl (C=O) groups is 1. The zero-order valence-electron chi connectivity index (χ0n) is 13.5. The highest BCUT2D eigenvalue weighted by Crippen LogP contribution is 2.22. The molecule has 2 aromatic heterocycles. The maximum absolute atomic E-state index is 12.7. The summed E-state index contributed by atoms with van der Waals surface area (Å²) >= 11 is 4.84. The third-order valence-electron chi connectivity index (χ3n) is 3.78. The maximum atomic E-state index is 12.7. The third-order valence-corrected chi connectivity index (χ3v) is 5.25. The van der Waals surface area contributed by atoms with E-state index in [4.69, 9.17) is 0 Å². The summed E-state index contributed by atoms with van der Waals surface area (Å²) < 4.78 is 2.38. The van der Waals surface area contributed by atoms with Crippen LogP contribution in [0.2, 0.25) is 0 Å². The highest BCUT2D eigenvalue weighted by molar-refractivity contribution is 9.10. The molecule has 0 aliphatic heterocycles. The first-order chi connectivity index (χ1) is 11.4. The van der Waals surface area contributed by atoms with E-state index in [0.717, 1.165) is 9.35 Å². The number of benzene rings is 1. The second-order valence-corrected chi connectivity index (χ2v) is 7.73. The summed E-state index contributed by atoms with van der Waals surface area (Å²) in [7, 11) is 0. The molecule has 0 bridgehead atoms. The number of hydrogen-bond donors (Lipinski definition) is 1. The topological polar surface area (TPSA) is 64.0 Å². The lowest BCUT2D eigenvalue weighted by Gasteiger charge is -2.17. The minimum absolute atomic E-state index is 0.180. The van der Waals surface area contributed by atoms with E-state index in [1.165, 1.54) is 15.9 Å². The first kappa shape index (κ1) is 16.9. The summed E-state index contributed by atoms with van der Waals surface area (Å²) in [5.41, 5.74) is 0.501. The number of aromatic nitrogens is 2. The van der Waals surface area contributed by atoms with Gasteiger partial charge >= 0.3 is 0 Å². The number of halogens is 1. The molecule has 0 fully saturated rings. The molecule has 1 amide bonds. The molecule has 1 aromatic carbocycles. The Morgan fingerprint density at radius 3 is 2.62 bits per heavy atom. The van der Waals surface area contributed by atoms with E-state index < -0.39 is 6.04 Å². The van der Waals surface area contributed by atoms with Gasteiger partial charge in [0.15, 0.2) is 0 Å². The summed E-state index contributed by atoms with van der Waals surface area (Å²) in [4.78, 5) is 31.5. The molecule has 0 saturated carbocycles. The summed E-state index contributed by atoms with van der Waals surface area (Å²) in [5, 5.41) is 3.39. The van der Waals surface area contributed by atoms with Crippen molar-refractivity contribution in [3.8, 4) is 0 Å². The smallest absolute Gasteiger partial charge is 0.263 e. The van der Waals surface area contributed by atoms with E-state index in [-0.39, 0.29) is 11.5 Å². The number of hydrogen-bond acceptors (Lipinski definition) is 4. The Labute approximate surface area is 151 Å². The quantitative estimate of drug-likeness (QED) is 0.714. The molecule has 5 nitrogen and oxygen atoms in total. The number of carbonyl (C=O) groups excluding carboxylic acids is 1. The number of aryl methyl sites for hydroxylation is 2. The Bertz CT molecular complexity index is 976. The van der Waals surface area contributed by atoms with Gasteiger partial charge in [0, 0.05) is 15.0 Å². The lowest BCUT2D eigenvalue weighted by Crippen LogP contribution is -2.33. The average molecular weight is 406 g/mol. The first-order valence-corrected chi connectivity index (χ1v) is 9.03. The molecule has 0 spiro atoms. The summed E-state index contributed by atoms with van der Waals surface area (Å²) in [6, 6.07) is 8.46. The van der Waals surface area contributed by atoms with Gasteiger partial charge in [-0.3, -0.25) is 14.2 Å². The molecule has 3 rings (SSSR count). The molecule has 24 heavy (non-hydrogen) atoms. The van der Waals surface area contributed by atoms with E-state index in [0.29, 0.717) is 21.7 Å². The van der Waals surface area contributed by atoms with Crippen LogP contribution in [-0.4, -0.2) is 15.5 Å². The minimum atomic E-state index is -0.654. The lowest BCUT2D eigenvalue weighted by molar-refractivity contribution is -0.118. The van der Waals surface area contributed by atoms with Crippen molar-refractivity contribution in [1.82, 2.24) is 9.55 Å². The van der Waals surface area contributed by atoms with Crippen LogP contribution < -0.4 is 10.9 Å². The Morgan fingerprint density at radius 2 is 1.96 bits per heavy atom. The van der Waals surface area contributed by atoms with Crippen molar-refractivity contribution in [3.05, 3.63) is 55.9 Å². The van der Waals surface area contributed by atoms with Crippen LogP contribution in [0.3, 0.4) is 0 Å². The average Bonchev–Trinajstić information content (AvgIpc) is 2.90. The molecule has 3 aromatic rings. The summed E-state index contributed by atoms with van der Waals surface area (Å²) in [6.07, 6.45) is 0. The van der Waals surface area contributed by atoms with Gasteiger partial charge in [-0.15, -0.1) is 11.3 Å². The van der Waals surface area contributed by atoms with E-state index in [1.807, 2.05) is 25.1 Å². The van der Waals surface area contributed by atoms with Crippen LogP contribution in [0.4, 0.5) is 5.69 Å². The number of anilines is 1. The van der Waals surface area contributed by atoms with Gasteiger partial charge in [-0.25, -0.2) is 4.98 Å². The highest BCUT2D eigenvalue weighted by Gasteiger charge is 2.21. The zero-order chi connectivity index (χ0) is 17.4. The highest BCUT2D eigenvalue weighted by atomic mass is 79.9. The monoisotopic (exact) mass is 405 g/mol. The minimum Gasteiger partial charge on any atom is -0.324 e. The zero-order valence-corrected chi connectivity index (χ0v) is 15.9. The summed E-state index contributed by atoms with van der Waals surface area (Å²) in [5.74, 6) is 0.281. The standard InChI is InChI=1S/C17H16BrN3O2S/c1-9-8-14-16(24-9)19-11(3)21(17(14)23)10(2)15(22)20-13-6-4-12(18)5-7-13/h4-8,10H,1-3H3,(H,20,22). The van der Waals surface area contributed by atoms with Crippen molar-refractivity contribution >= 4 is 49.1 Å². The fourth-order valence-electron chi connectivity index (χ4n) is 2.57. The van der Waals surface area contributed by atoms with Crippen LogP contribution in [0, 0.1) is 13.8 Å². The molecule has 1 N–H and O–H groups in total. The Balaban J connectivity index is 1.95. The predicted molar refractivity (Wildman–Crippen MR) is 101 cm³/mol. The number of nitrogens with one attached hydrogen (secondary N) is 1. The van der Waals surface area contributed by atoms with Gasteiger partial charge in [0.25, 0.3) is 5.56 Å². The number of fused-ring (bicyclic) bond motifs is 1. The fourth-order valence-corrected chi connectivity index (χ4v) is 3.75. The molecular weight excluding hydrogens is 390 g/mol. The van der Waals surface area contributed by atoms with Gasteiger partial charge in [0.05, 0.1) is 5.39 Å².